The molecule has 2 heterocycles. The van der Waals surface area contributed by atoms with E-state index in [-0.39, 0.29) is 5.91 Å². The molecule has 4 rings (SSSR count). The first-order valence-electron chi connectivity index (χ1n) is 9.27. The van der Waals surface area contributed by atoms with Gasteiger partial charge >= 0.3 is 0 Å². The molecule has 0 saturated heterocycles. The van der Waals surface area contributed by atoms with E-state index in [2.05, 4.69) is 11.9 Å². The summed E-state index contributed by atoms with van der Waals surface area (Å²) in [5.41, 5.74) is 3.44. The number of para-hydroxylation sites is 1. The van der Waals surface area contributed by atoms with Crippen LogP contribution in [0.1, 0.15) is 23.0 Å². The Kier molecular flexibility index (Phi) is 5.44. The molecule has 2 aromatic carbocycles. The molecular weight excluding hydrogens is 366 g/mol. The molecule has 0 saturated carbocycles. The van der Waals surface area contributed by atoms with Gasteiger partial charge in [-0.1, -0.05) is 43.3 Å². The minimum absolute atomic E-state index is 0.00590. The average molecular weight is 388 g/mol. The molecule has 0 aliphatic carbocycles. The van der Waals surface area contributed by atoms with Crippen LogP contribution in [0.15, 0.2) is 90.1 Å². The van der Waals surface area contributed by atoms with Crippen molar-refractivity contribution in [2.24, 2.45) is 0 Å². The molecule has 0 atom stereocenters. The zero-order valence-electron chi connectivity index (χ0n) is 15.7. The van der Waals surface area contributed by atoms with Gasteiger partial charge in [-0.2, -0.15) is 0 Å². The van der Waals surface area contributed by atoms with Gasteiger partial charge < -0.3 is 9.30 Å². The largest absolute Gasteiger partial charge is 0.302 e. The SMILES string of the molecule is CCSc1ccccc1C(=O)N(Cc1cnc2ccccn12)c1ccccc1. The molecule has 0 aliphatic heterocycles. The molecule has 5 heteroatoms. The Morgan fingerprint density at radius 1 is 1.00 bits per heavy atom. The Hall–Kier alpha value is -3.05. The number of benzene rings is 2. The summed E-state index contributed by atoms with van der Waals surface area (Å²) in [6.07, 6.45) is 3.82. The normalized spacial score (nSPS) is 10.9. The molecule has 0 radical (unpaired) electrons. The predicted octanol–water partition coefficient (Wildman–Crippen LogP) is 5.29. The van der Waals surface area contributed by atoms with Gasteiger partial charge in [-0.3, -0.25) is 4.79 Å². The summed E-state index contributed by atoms with van der Waals surface area (Å²) in [7, 11) is 0. The first-order chi connectivity index (χ1) is 13.8. The van der Waals surface area contributed by atoms with Crippen molar-refractivity contribution in [2.45, 2.75) is 18.4 Å². The number of rotatable bonds is 6. The fraction of sp³-hybridized carbons (Fsp3) is 0.130. The van der Waals surface area contributed by atoms with Crippen molar-refractivity contribution in [2.75, 3.05) is 10.7 Å². The number of hydrogen-bond acceptors (Lipinski definition) is 3. The van der Waals surface area contributed by atoms with Crippen LogP contribution in [-0.4, -0.2) is 21.0 Å². The van der Waals surface area contributed by atoms with Gasteiger partial charge in [0.1, 0.15) is 5.65 Å². The van der Waals surface area contributed by atoms with Gasteiger partial charge in [0.05, 0.1) is 24.0 Å². The molecule has 140 valence electrons. The number of fused-ring (bicyclic) bond motifs is 1. The lowest BCUT2D eigenvalue weighted by Gasteiger charge is -2.24. The maximum Gasteiger partial charge on any atom is 0.259 e. The summed E-state index contributed by atoms with van der Waals surface area (Å²) in [4.78, 5) is 20.9. The van der Waals surface area contributed by atoms with E-state index in [1.807, 2.05) is 94.5 Å². The molecule has 0 N–H and O–H groups in total. The lowest BCUT2D eigenvalue weighted by molar-refractivity contribution is 0.0982. The molecule has 28 heavy (non-hydrogen) atoms. The number of thioether (sulfide) groups is 1. The Bertz CT molecular complexity index is 1090. The van der Waals surface area contributed by atoms with E-state index in [9.17, 15) is 4.79 Å². The van der Waals surface area contributed by atoms with E-state index in [1.165, 1.54) is 0 Å². The number of hydrogen-bond donors (Lipinski definition) is 0. The van der Waals surface area contributed by atoms with Crippen LogP contribution in [0.3, 0.4) is 0 Å². The number of carbonyl (C=O) groups excluding carboxylic acids is 1. The summed E-state index contributed by atoms with van der Waals surface area (Å²) in [6, 6.07) is 23.5. The average Bonchev–Trinajstić information content (AvgIpc) is 3.16. The zero-order chi connectivity index (χ0) is 19.3. The van der Waals surface area contributed by atoms with Gasteiger partial charge in [0, 0.05) is 16.8 Å². The molecule has 1 amide bonds. The highest BCUT2D eigenvalue weighted by Gasteiger charge is 2.22. The van der Waals surface area contributed by atoms with Crippen molar-refractivity contribution >= 4 is 29.0 Å². The highest BCUT2D eigenvalue weighted by Crippen LogP contribution is 2.27. The van der Waals surface area contributed by atoms with E-state index < -0.39 is 0 Å². The lowest BCUT2D eigenvalue weighted by atomic mass is 10.1. The zero-order valence-corrected chi connectivity index (χ0v) is 16.5. The van der Waals surface area contributed by atoms with Crippen LogP contribution in [0.5, 0.6) is 0 Å². The molecule has 0 unspecified atom stereocenters. The molecule has 0 bridgehead atoms. The summed E-state index contributed by atoms with van der Waals surface area (Å²) in [5, 5.41) is 0. The quantitative estimate of drug-likeness (QED) is 0.422. The molecule has 4 aromatic rings. The molecule has 4 nitrogen and oxygen atoms in total. The van der Waals surface area contributed by atoms with Crippen molar-refractivity contribution in [3.8, 4) is 0 Å². The minimum Gasteiger partial charge on any atom is -0.302 e. The van der Waals surface area contributed by atoms with E-state index >= 15 is 0 Å². The predicted molar refractivity (Wildman–Crippen MR) is 115 cm³/mol. The topological polar surface area (TPSA) is 37.6 Å². The molecule has 0 spiro atoms. The number of imidazole rings is 1. The second-order valence-corrected chi connectivity index (χ2v) is 7.64. The Balaban J connectivity index is 1.75. The number of carbonyl (C=O) groups is 1. The first kappa shape index (κ1) is 18.3. The standard InChI is InChI=1S/C23H21N3OS/c1-2-28-21-13-7-6-12-20(21)23(27)26(18-10-4-3-5-11-18)17-19-16-24-22-14-8-9-15-25(19)22/h3-16H,2,17H2,1H3. The Morgan fingerprint density at radius 2 is 1.75 bits per heavy atom. The van der Waals surface area contributed by atoms with Crippen LogP contribution in [0.4, 0.5) is 5.69 Å². The van der Waals surface area contributed by atoms with Crippen LogP contribution < -0.4 is 4.90 Å². The summed E-state index contributed by atoms with van der Waals surface area (Å²) >= 11 is 1.69. The Morgan fingerprint density at radius 3 is 2.57 bits per heavy atom. The number of pyridine rings is 1. The van der Waals surface area contributed by atoms with E-state index in [4.69, 9.17) is 0 Å². The summed E-state index contributed by atoms with van der Waals surface area (Å²) in [6.45, 7) is 2.54. The van der Waals surface area contributed by atoms with Crippen molar-refractivity contribution in [1.29, 1.82) is 0 Å². The van der Waals surface area contributed by atoms with Crippen LogP contribution in [0, 0.1) is 0 Å². The van der Waals surface area contributed by atoms with Gasteiger partial charge in [-0.15, -0.1) is 11.8 Å². The highest BCUT2D eigenvalue weighted by molar-refractivity contribution is 7.99. The smallest absolute Gasteiger partial charge is 0.259 e. The third-order valence-corrected chi connectivity index (χ3v) is 5.50. The molecule has 0 fully saturated rings. The third kappa shape index (κ3) is 3.66. The molecule has 0 aliphatic rings. The number of nitrogens with zero attached hydrogens (tertiary/aromatic N) is 3. The monoisotopic (exact) mass is 387 g/mol. The van der Waals surface area contributed by atoms with Gasteiger partial charge in [0.2, 0.25) is 0 Å². The number of anilines is 1. The van der Waals surface area contributed by atoms with E-state index in [0.717, 1.165) is 33.2 Å². The fourth-order valence-corrected chi connectivity index (χ4v) is 4.02. The maximum atomic E-state index is 13.6. The van der Waals surface area contributed by atoms with Gasteiger partial charge in [-0.25, -0.2) is 4.98 Å². The van der Waals surface area contributed by atoms with Crippen molar-refractivity contribution in [3.05, 3.63) is 96.4 Å². The van der Waals surface area contributed by atoms with Crippen LogP contribution in [-0.2, 0) is 6.54 Å². The van der Waals surface area contributed by atoms with Crippen LogP contribution in [0.2, 0.25) is 0 Å². The molecular formula is C23H21N3OS. The highest BCUT2D eigenvalue weighted by atomic mass is 32.2. The second-order valence-electron chi connectivity index (χ2n) is 6.33. The fourth-order valence-electron chi connectivity index (χ4n) is 3.22. The minimum atomic E-state index is -0.00590. The van der Waals surface area contributed by atoms with Crippen LogP contribution in [0.25, 0.3) is 5.65 Å². The van der Waals surface area contributed by atoms with Crippen molar-refractivity contribution < 1.29 is 4.79 Å². The first-order valence-corrected chi connectivity index (χ1v) is 10.3. The van der Waals surface area contributed by atoms with Crippen molar-refractivity contribution in [3.63, 3.8) is 0 Å². The summed E-state index contributed by atoms with van der Waals surface area (Å²) < 4.78 is 2.02. The third-order valence-electron chi connectivity index (χ3n) is 4.54. The lowest BCUT2D eigenvalue weighted by Crippen LogP contribution is -2.31. The Labute approximate surface area is 168 Å². The number of aromatic nitrogens is 2. The van der Waals surface area contributed by atoms with Gasteiger partial charge in [0.25, 0.3) is 5.91 Å². The van der Waals surface area contributed by atoms with Crippen molar-refractivity contribution in [1.82, 2.24) is 9.38 Å². The van der Waals surface area contributed by atoms with Gasteiger partial charge in [-0.05, 0) is 42.2 Å². The maximum absolute atomic E-state index is 13.6. The second kappa shape index (κ2) is 8.31. The van der Waals surface area contributed by atoms with Gasteiger partial charge in [0.15, 0.2) is 0 Å². The van der Waals surface area contributed by atoms with E-state index in [1.54, 1.807) is 11.8 Å². The van der Waals surface area contributed by atoms with Crippen LogP contribution >= 0.6 is 11.8 Å². The molecule has 2 aromatic heterocycles. The number of amides is 1. The van der Waals surface area contributed by atoms with E-state index in [0.29, 0.717) is 6.54 Å². The summed E-state index contributed by atoms with van der Waals surface area (Å²) in [5.74, 6) is 0.914.